The lowest BCUT2D eigenvalue weighted by Crippen LogP contribution is -1.78. The molecule has 0 aliphatic rings. The fourth-order valence-corrected chi connectivity index (χ4v) is 1.58. The number of aryl methyl sites for hydroxylation is 1. The first kappa shape index (κ1) is 11.0. The van der Waals surface area contributed by atoms with Crippen molar-refractivity contribution in [2.45, 2.75) is 6.92 Å². The molecule has 0 saturated carbocycles. The van der Waals surface area contributed by atoms with Gasteiger partial charge in [0.1, 0.15) is 5.75 Å². The Bertz CT molecular complexity index is 584. The zero-order chi connectivity index (χ0) is 12.3. The van der Waals surface area contributed by atoms with E-state index in [1.807, 2.05) is 31.2 Å². The number of hydrogen-bond donors (Lipinski definition) is 1. The van der Waals surface area contributed by atoms with Crippen LogP contribution in [0.2, 0.25) is 0 Å². The Hall–Kier alpha value is -2.45. The van der Waals surface area contributed by atoms with Gasteiger partial charge in [0.15, 0.2) is 0 Å². The third-order valence-electron chi connectivity index (χ3n) is 2.51. The predicted octanol–water partition coefficient (Wildman–Crippen LogP) is 4.31. The highest BCUT2D eigenvalue weighted by Gasteiger charge is 2.02. The van der Waals surface area contributed by atoms with Crippen LogP contribution in [0.25, 0.3) is 21.6 Å². The van der Waals surface area contributed by atoms with Gasteiger partial charge in [0.05, 0.1) is 5.69 Å². The van der Waals surface area contributed by atoms with Crippen molar-refractivity contribution in [3.8, 4) is 16.9 Å². The summed E-state index contributed by atoms with van der Waals surface area (Å²) in [5.41, 5.74) is 11.7. The third kappa shape index (κ3) is 2.38. The standard InChI is InChI=1S/C13H11N3O/c1-9-2-4-10(5-3-9)11-6-7-13(17)12(8-11)15-16-14/h2-8,17H,1H3. The maximum atomic E-state index is 9.49. The minimum Gasteiger partial charge on any atom is -0.507 e. The molecular formula is C13H11N3O. The molecule has 84 valence electrons. The summed E-state index contributed by atoms with van der Waals surface area (Å²) in [5, 5.41) is 12.9. The molecule has 0 aliphatic heterocycles. The zero-order valence-electron chi connectivity index (χ0n) is 9.33. The van der Waals surface area contributed by atoms with E-state index in [2.05, 4.69) is 10.0 Å². The molecule has 0 fully saturated rings. The number of hydrogen-bond acceptors (Lipinski definition) is 2. The number of phenolic OH excluding ortho intramolecular Hbond substituents is 1. The van der Waals surface area contributed by atoms with E-state index in [1.54, 1.807) is 12.1 Å². The van der Waals surface area contributed by atoms with Crippen LogP contribution in [0.3, 0.4) is 0 Å². The second kappa shape index (κ2) is 4.60. The molecule has 2 rings (SSSR count). The van der Waals surface area contributed by atoms with Gasteiger partial charge in [-0.25, -0.2) is 0 Å². The molecule has 0 amide bonds. The SMILES string of the molecule is Cc1ccc(-c2ccc(O)c(N=[N+]=[N-])c2)cc1. The van der Waals surface area contributed by atoms with E-state index >= 15 is 0 Å². The number of nitrogens with zero attached hydrogens (tertiary/aromatic N) is 3. The molecule has 0 aliphatic carbocycles. The van der Waals surface area contributed by atoms with E-state index in [-0.39, 0.29) is 11.4 Å². The molecule has 0 heterocycles. The van der Waals surface area contributed by atoms with Gasteiger partial charge in [-0.3, -0.25) is 0 Å². The molecule has 4 nitrogen and oxygen atoms in total. The highest BCUT2D eigenvalue weighted by atomic mass is 16.3. The van der Waals surface area contributed by atoms with Crippen LogP contribution in [0, 0.1) is 6.92 Å². The molecule has 0 radical (unpaired) electrons. The fourth-order valence-electron chi connectivity index (χ4n) is 1.58. The van der Waals surface area contributed by atoms with Gasteiger partial charge in [-0.1, -0.05) is 41.0 Å². The normalized spacial score (nSPS) is 9.71. The van der Waals surface area contributed by atoms with Crippen LogP contribution < -0.4 is 0 Å². The van der Waals surface area contributed by atoms with Crippen LogP contribution in [0.5, 0.6) is 5.75 Å². The summed E-state index contributed by atoms with van der Waals surface area (Å²) in [6, 6.07) is 13.0. The number of azide groups is 1. The van der Waals surface area contributed by atoms with Gasteiger partial charge in [-0.2, -0.15) is 0 Å². The quantitative estimate of drug-likeness (QED) is 0.461. The second-order valence-corrected chi connectivity index (χ2v) is 3.76. The van der Waals surface area contributed by atoms with Gasteiger partial charge in [0.25, 0.3) is 0 Å². The first-order valence-electron chi connectivity index (χ1n) is 5.16. The number of rotatable bonds is 2. The molecule has 2 aromatic rings. The molecule has 0 bridgehead atoms. The second-order valence-electron chi connectivity index (χ2n) is 3.76. The van der Waals surface area contributed by atoms with Crippen molar-refractivity contribution >= 4 is 5.69 Å². The summed E-state index contributed by atoms with van der Waals surface area (Å²) in [7, 11) is 0. The highest BCUT2D eigenvalue weighted by Crippen LogP contribution is 2.32. The van der Waals surface area contributed by atoms with Gasteiger partial charge in [0.2, 0.25) is 0 Å². The summed E-state index contributed by atoms with van der Waals surface area (Å²) >= 11 is 0. The summed E-state index contributed by atoms with van der Waals surface area (Å²) in [6.07, 6.45) is 0. The van der Waals surface area contributed by atoms with Crippen molar-refractivity contribution in [1.82, 2.24) is 0 Å². The summed E-state index contributed by atoms with van der Waals surface area (Å²) in [6.45, 7) is 2.02. The molecule has 0 aromatic heterocycles. The summed E-state index contributed by atoms with van der Waals surface area (Å²) in [5.74, 6) is -0.0151. The Kier molecular flexibility index (Phi) is 2.99. The van der Waals surface area contributed by atoms with Crippen LogP contribution in [0.4, 0.5) is 5.69 Å². The molecule has 1 N–H and O–H groups in total. The lowest BCUT2D eigenvalue weighted by molar-refractivity contribution is 0.477. The van der Waals surface area contributed by atoms with Gasteiger partial charge in [0, 0.05) is 4.91 Å². The number of aromatic hydroxyl groups is 1. The lowest BCUT2D eigenvalue weighted by atomic mass is 10.0. The smallest absolute Gasteiger partial charge is 0.125 e. The molecule has 0 saturated heterocycles. The van der Waals surface area contributed by atoms with Crippen LogP contribution in [-0.2, 0) is 0 Å². The molecule has 0 atom stereocenters. The molecule has 4 heteroatoms. The monoisotopic (exact) mass is 225 g/mol. The van der Waals surface area contributed by atoms with Crippen molar-refractivity contribution in [1.29, 1.82) is 0 Å². The van der Waals surface area contributed by atoms with Crippen molar-refractivity contribution in [2.24, 2.45) is 5.11 Å². The minimum atomic E-state index is -0.0151. The highest BCUT2D eigenvalue weighted by molar-refractivity contribution is 5.70. The van der Waals surface area contributed by atoms with Crippen molar-refractivity contribution in [2.75, 3.05) is 0 Å². The van der Waals surface area contributed by atoms with E-state index in [0.717, 1.165) is 11.1 Å². The Labute approximate surface area is 98.8 Å². The average molecular weight is 225 g/mol. The van der Waals surface area contributed by atoms with Crippen LogP contribution >= 0.6 is 0 Å². The van der Waals surface area contributed by atoms with E-state index < -0.39 is 0 Å². The Morgan fingerprint density at radius 2 is 1.71 bits per heavy atom. The molecule has 0 spiro atoms. The fraction of sp³-hybridized carbons (Fsp3) is 0.0769. The average Bonchev–Trinajstić information content (AvgIpc) is 2.33. The summed E-state index contributed by atoms with van der Waals surface area (Å²) in [4.78, 5) is 2.68. The van der Waals surface area contributed by atoms with E-state index in [4.69, 9.17) is 5.53 Å². The van der Waals surface area contributed by atoms with Crippen LogP contribution in [0.15, 0.2) is 47.6 Å². The molecule has 0 unspecified atom stereocenters. The minimum absolute atomic E-state index is 0.0151. The van der Waals surface area contributed by atoms with Crippen LogP contribution in [-0.4, -0.2) is 5.11 Å². The first-order chi connectivity index (χ1) is 8.20. The number of phenols is 1. The predicted molar refractivity (Wildman–Crippen MR) is 67.1 cm³/mol. The van der Waals surface area contributed by atoms with E-state index in [0.29, 0.717) is 0 Å². The molecule has 17 heavy (non-hydrogen) atoms. The van der Waals surface area contributed by atoms with Gasteiger partial charge < -0.3 is 5.11 Å². The van der Waals surface area contributed by atoms with Gasteiger partial charge in [-0.15, -0.1) is 0 Å². The topological polar surface area (TPSA) is 69.0 Å². The largest absolute Gasteiger partial charge is 0.507 e. The molecule has 2 aromatic carbocycles. The Morgan fingerprint density at radius 1 is 1.06 bits per heavy atom. The van der Waals surface area contributed by atoms with Gasteiger partial charge >= 0.3 is 0 Å². The number of benzene rings is 2. The first-order valence-corrected chi connectivity index (χ1v) is 5.16. The van der Waals surface area contributed by atoms with Crippen molar-refractivity contribution in [3.63, 3.8) is 0 Å². The maximum absolute atomic E-state index is 9.49. The lowest BCUT2D eigenvalue weighted by Gasteiger charge is -2.04. The van der Waals surface area contributed by atoms with Crippen molar-refractivity contribution < 1.29 is 5.11 Å². The van der Waals surface area contributed by atoms with E-state index in [1.165, 1.54) is 11.6 Å². The Balaban J connectivity index is 2.49. The maximum Gasteiger partial charge on any atom is 0.125 e. The van der Waals surface area contributed by atoms with Crippen molar-refractivity contribution in [3.05, 3.63) is 58.5 Å². The third-order valence-corrected chi connectivity index (χ3v) is 2.51. The Morgan fingerprint density at radius 3 is 2.35 bits per heavy atom. The summed E-state index contributed by atoms with van der Waals surface area (Å²) < 4.78 is 0. The zero-order valence-corrected chi connectivity index (χ0v) is 9.33. The van der Waals surface area contributed by atoms with E-state index in [9.17, 15) is 5.11 Å². The van der Waals surface area contributed by atoms with Gasteiger partial charge in [-0.05, 0) is 35.7 Å². The van der Waals surface area contributed by atoms with Crippen LogP contribution in [0.1, 0.15) is 5.56 Å². The molecular weight excluding hydrogens is 214 g/mol.